The molecule has 6 heteroatoms. The molecule has 0 fully saturated rings. The third-order valence-corrected chi connectivity index (χ3v) is 3.20. The maximum absolute atomic E-state index is 11.5. The van der Waals surface area contributed by atoms with Crippen molar-refractivity contribution in [2.75, 3.05) is 7.11 Å². The van der Waals surface area contributed by atoms with Gasteiger partial charge in [0, 0.05) is 10.7 Å². The van der Waals surface area contributed by atoms with Crippen molar-refractivity contribution in [2.45, 2.75) is 6.61 Å². The summed E-state index contributed by atoms with van der Waals surface area (Å²) in [6.45, 7) is 0.334. The second-order valence-corrected chi connectivity index (χ2v) is 4.72. The zero-order valence-electron chi connectivity index (χ0n) is 9.51. The Morgan fingerprint density at radius 2 is 2.39 bits per heavy atom. The van der Waals surface area contributed by atoms with E-state index >= 15 is 0 Å². The topological polar surface area (TPSA) is 53.4 Å². The van der Waals surface area contributed by atoms with Crippen molar-refractivity contribution < 1.29 is 14.3 Å². The number of hydrogen-bond donors (Lipinski definition) is 0. The first-order valence-electron chi connectivity index (χ1n) is 5.28. The molecule has 0 radical (unpaired) electrons. The summed E-state index contributed by atoms with van der Waals surface area (Å²) < 4.78 is 13.0. The van der Waals surface area contributed by atoms with Gasteiger partial charge in [-0.15, -0.1) is 0 Å². The Morgan fingerprint density at radius 3 is 3.17 bits per heavy atom. The number of ether oxygens (including phenoxy) is 2. The van der Waals surface area contributed by atoms with Gasteiger partial charge in [-0.25, -0.2) is 9.78 Å². The molecule has 0 aliphatic carbocycles. The normalized spacial score (nSPS) is 12.3. The molecule has 92 valence electrons. The number of esters is 1. The Balaban J connectivity index is 2.12. The first-order valence-corrected chi connectivity index (χ1v) is 6.07. The van der Waals surface area contributed by atoms with E-state index in [4.69, 9.17) is 4.74 Å². The number of methoxy groups -OCH3 is 1. The number of halogens is 1. The summed E-state index contributed by atoms with van der Waals surface area (Å²) in [5.41, 5.74) is 1.15. The van der Waals surface area contributed by atoms with Gasteiger partial charge in [0.1, 0.15) is 12.4 Å². The van der Waals surface area contributed by atoms with Crippen LogP contribution in [0.2, 0.25) is 0 Å². The minimum absolute atomic E-state index is 0.284. The summed E-state index contributed by atoms with van der Waals surface area (Å²) in [6, 6.07) is 5.70. The fourth-order valence-electron chi connectivity index (χ4n) is 1.88. The largest absolute Gasteiger partial charge is 0.483 e. The van der Waals surface area contributed by atoms with Gasteiger partial charge >= 0.3 is 5.97 Å². The van der Waals surface area contributed by atoms with Gasteiger partial charge in [0.05, 0.1) is 12.8 Å². The minimum atomic E-state index is -0.449. The second-order valence-electron chi connectivity index (χ2n) is 3.80. The number of fused-ring (bicyclic) bond motifs is 3. The van der Waals surface area contributed by atoms with E-state index in [2.05, 4.69) is 25.7 Å². The lowest BCUT2D eigenvalue weighted by molar-refractivity contribution is 0.0594. The van der Waals surface area contributed by atoms with Crippen molar-refractivity contribution in [3.05, 3.63) is 40.4 Å². The van der Waals surface area contributed by atoms with E-state index in [0.29, 0.717) is 12.4 Å². The molecule has 0 saturated heterocycles. The molecule has 0 N–H and O–H groups in total. The lowest BCUT2D eigenvalue weighted by Crippen LogP contribution is -2.12. The van der Waals surface area contributed by atoms with Crippen LogP contribution < -0.4 is 4.74 Å². The highest BCUT2D eigenvalue weighted by atomic mass is 79.9. The molecule has 5 nitrogen and oxygen atoms in total. The van der Waals surface area contributed by atoms with Gasteiger partial charge in [-0.2, -0.15) is 0 Å². The molecule has 18 heavy (non-hydrogen) atoms. The van der Waals surface area contributed by atoms with Crippen LogP contribution in [-0.2, 0) is 11.3 Å². The SMILES string of the molecule is COC(=O)c1cn2c(n1)COc1cc(Br)ccc1-2. The molecule has 1 aromatic carbocycles. The molecule has 1 aliphatic heterocycles. The summed E-state index contributed by atoms with van der Waals surface area (Å²) in [5.74, 6) is 0.992. The van der Waals surface area contributed by atoms with Crippen LogP contribution >= 0.6 is 15.9 Å². The van der Waals surface area contributed by atoms with Gasteiger partial charge < -0.3 is 9.47 Å². The van der Waals surface area contributed by atoms with E-state index in [-0.39, 0.29) is 5.69 Å². The molecular formula is C12H9BrN2O3. The third kappa shape index (κ3) is 1.69. The number of nitrogens with zero attached hydrogens (tertiary/aromatic N) is 2. The van der Waals surface area contributed by atoms with Crippen LogP contribution in [0.25, 0.3) is 5.69 Å². The number of imidazole rings is 1. The fraction of sp³-hybridized carbons (Fsp3) is 0.167. The van der Waals surface area contributed by atoms with Crippen molar-refractivity contribution in [1.29, 1.82) is 0 Å². The average Bonchev–Trinajstić information content (AvgIpc) is 2.81. The van der Waals surface area contributed by atoms with Crippen LogP contribution in [0.4, 0.5) is 0 Å². The van der Waals surface area contributed by atoms with E-state index in [9.17, 15) is 4.79 Å². The van der Waals surface area contributed by atoms with Crippen LogP contribution in [0.5, 0.6) is 5.75 Å². The quantitative estimate of drug-likeness (QED) is 0.759. The Bertz CT molecular complexity index is 636. The molecule has 0 spiro atoms. The molecule has 2 aromatic rings. The zero-order chi connectivity index (χ0) is 12.7. The molecule has 0 saturated carbocycles. The van der Waals surface area contributed by atoms with E-state index in [1.807, 2.05) is 22.8 Å². The van der Waals surface area contributed by atoms with Gasteiger partial charge in [0.2, 0.25) is 0 Å². The number of aromatic nitrogens is 2. The van der Waals surface area contributed by atoms with Gasteiger partial charge in [-0.1, -0.05) is 15.9 Å². The average molecular weight is 309 g/mol. The molecule has 0 amide bonds. The third-order valence-electron chi connectivity index (χ3n) is 2.71. The molecule has 3 rings (SSSR count). The maximum atomic E-state index is 11.5. The predicted molar refractivity (Wildman–Crippen MR) is 66.9 cm³/mol. The molecule has 0 unspecified atom stereocenters. The van der Waals surface area contributed by atoms with Crippen molar-refractivity contribution >= 4 is 21.9 Å². The van der Waals surface area contributed by atoms with Crippen LogP contribution in [0, 0.1) is 0 Å². The molecular weight excluding hydrogens is 300 g/mol. The van der Waals surface area contributed by atoms with Crippen LogP contribution in [0.15, 0.2) is 28.9 Å². The summed E-state index contributed by atoms with van der Waals surface area (Å²) in [7, 11) is 1.34. The van der Waals surface area contributed by atoms with Crippen molar-refractivity contribution in [1.82, 2.24) is 9.55 Å². The molecule has 1 aliphatic rings. The highest BCUT2D eigenvalue weighted by Crippen LogP contribution is 2.32. The van der Waals surface area contributed by atoms with Gasteiger partial charge in [-0.3, -0.25) is 4.57 Å². The fourth-order valence-corrected chi connectivity index (χ4v) is 2.22. The lowest BCUT2D eigenvalue weighted by atomic mass is 10.2. The lowest BCUT2D eigenvalue weighted by Gasteiger charge is -2.19. The first kappa shape index (κ1) is 11.3. The summed E-state index contributed by atoms with van der Waals surface area (Å²) in [4.78, 5) is 15.6. The van der Waals surface area contributed by atoms with E-state index in [1.54, 1.807) is 6.20 Å². The maximum Gasteiger partial charge on any atom is 0.358 e. The number of carbonyl (C=O) groups is 1. The Morgan fingerprint density at radius 1 is 1.56 bits per heavy atom. The van der Waals surface area contributed by atoms with Crippen LogP contribution in [0.1, 0.15) is 16.3 Å². The summed E-state index contributed by atoms with van der Waals surface area (Å²) >= 11 is 3.39. The van der Waals surface area contributed by atoms with Crippen molar-refractivity contribution in [3.8, 4) is 11.4 Å². The smallest absolute Gasteiger partial charge is 0.358 e. The molecule has 1 aromatic heterocycles. The number of rotatable bonds is 1. The van der Waals surface area contributed by atoms with Gasteiger partial charge in [-0.05, 0) is 18.2 Å². The Kier molecular flexibility index (Phi) is 2.59. The number of carbonyl (C=O) groups excluding carboxylic acids is 1. The summed E-state index contributed by atoms with van der Waals surface area (Å²) in [6.07, 6.45) is 1.66. The van der Waals surface area contributed by atoms with Gasteiger partial charge in [0.25, 0.3) is 0 Å². The predicted octanol–water partition coefficient (Wildman–Crippen LogP) is 2.31. The molecule has 0 atom stereocenters. The van der Waals surface area contributed by atoms with E-state index in [0.717, 1.165) is 15.9 Å². The minimum Gasteiger partial charge on any atom is -0.483 e. The van der Waals surface area contributed by atoms with Crippen LogP contribution in [-0.4, -0.2) is 22.6 Å². The number of benzene rings is 1. The Labute approximate surface area is 111 Å². The van der Waals surface area contributed by atoms with Crippen molar-refractivity contribution in [3.63, 3.8) is 0 Å². The second kappa shape index (κ2) is 4.13. The molecule has 0 bridgehead atoms. The highest BCUT2D eigenvalue weighted by Gasteiger charge is 2.22. The van der Waals surface area contributed by atoms with E-state index in [1.165, 1.54) is 7.11 Å². The monoisotopic (exact) mass is 308 g/mol. The summed E-state index contributed by atoms with van der Waals surface area (Å²) in [5, 5.41) is 0. The van der Waals surface area contributed by atoms with Crippen LogP contribution in [0.3, 0.4) is 0 Å². The Hall–Kier alpha value is -1.82. The standard InChI is InChI=1S/C12H9BrN2O3/c1-17-12(16)8-5-15-9-3-2-7(13)4-10(9)18-6-11(15)14-8/h2-5H,6H2,1H3. The molecule has 2 heterocycles. The first-order chi connectivity index (χ1) is 8.69. The van der Waals surface area contributed by atoms with Gasteiger partial charge in [0.15, 0.2) is 11.5 Å². The number of hydrogen-bond acceptors (Lipinski definition) is 4. The van der Waals surface area contributed by atoms with E-state index < -0.39 is 5.97 Å². The highest BCUT2D eigenvalue weighted by molar-refractivity contribution is 9.10. The van der Waals surface area contributed by atoms with Crippen molar-refractivity contribution in [2.24, 2.45) is 0 Å². The zero-order valence-corrected chi connectivity index (χ0v) is 11.1.